The van der Waals surface area contributed by atoms with E-state index in [4.69, 9.17) is 0 Å². The lowest BCUT2D eigenvalue weighted by atomic mass is 9.71. The van der Waals surface area contributed by atoms with Crippen molar-refractivity contribution in [1.82, 2.24) is 4.90 Å². The Morgan fingerprint density at radius 1 is 1.04 bits per heavy atom. The minimum absolute atomic E-state index is 0.0479. The number of carboxylic acids is 2. The van der Waals surface area contributed by atoms with Gasteiger partial charge >= 0.3 is 11.9 Å². The van der Waals surface area contributed by atoms with Gasteiger partial charge in [0.25, 0.3) is 11.8 Å². The van der Waals surface area contributed by atoms with Gasteiger partial charge < -0.3 is 10.2 Å². The molecule has 0 radical (unpaired) electrons. The van der Waals surface area contributed by atoms with Gasteiger partial charge in [-0.05, 0) is 36.8 Å². The zero-order chi connectivity index (χ0) is 19.9. The summed E-state index contributed by atoms with van der Waals surface area (Å²) in [4.78, 5) is 51.5. The molecule has 0 spiro atoms. The first-order valence-electron chi connectivity index (χ1n) is 9.31. The number of carbonyl (C=O) groups is 4. The van der Waals surface area contributed by atoms with Crippen LogP contribution in [0.1, 0.15) is 71.4 Å². The van der Waals surface area contributed by atoms with Gasteiger partial charge in [0, 0.05) is 0 Å². The lowest BCUT2D eigenvalue weighted by Crippen LogP contribution is -2.64. The van der Waals surface area contributed by atoms with E-state index in [2.05, 4.69) is 0 Å². The molecule has 1 fully saturated rings. The number of nitrogens with zero attached hydrogens (tertiary/aromatic N) is 1. The summed E-state index contributed by atoms with van der Waals surface area (Å²) in [6.45, 7) is 3.71. The Kier molecular flexibility index (Phi) is 4.80. The Bertz CT molecular complexity index is 802. The quantitative estimate of drug-likeness (QED) is 0.767. The van der Waals surface area contributed by atoms with E-state index < -0.39 is 35.2 Å². The molecule has 2 aliphatic rings. The molecular formula is C20H23NO6. The molecule has 2 N–H and O–H groups in total. The second kappa shape index (κ2) is 6.79. The SMILES string of the molecule is CCc1ccc(CC)c2c1C(=O)N(C1(C(=O)O)CCCCC1C(=O)O)C2=O. The zero-order valence-corrected chi connectivity index (χ0v) is 15.4. The highest BCUT2D eigenvalue weighted by atomic mass is 16.4. The maximum atomic E-state index is 13.3. The summed E-state index contributed by atoms with van der Waals surface area (Å²) in [5.74, 6) is -5.41. The van der Waals surface area contributed by atoms with Crippen LogP contribution in [0.15, 0.2) is 12.1 Å². The van der Waals surface area contributed by atoms with Crippen LogP contribution in [-0.2, 0) is 22.4 Å². The van der Waals surface area contributed by atoms with Crippen molar-refractivity contribution in [2.45, 2.75) is 57.9 Å². The van der Waals surface area contributed by atoms with Crippen LogP contribution in [0, 0.1) is 5.92 Å². The highest BCUT2D eigenvalue weighted by Crippen LogP contribution is 2.44. The van der Waals surface area contributed by atoms with E-state index in [0.717, 1.165) is 4.90 Å². The first-order valence-corrected chi connectivity index (χ1v) is 9.31. The standard InChI is InChI=1S/C20H23NO6/c1-3-11-8-9-12(4-2)15-14(11)16(22)21(17(15)23)20(19(26)27)10-6-5-7-13(20)18(24)25/h8-9,13H,3-7,10H2,1-2H3,(H,24,25)(H,26,27). The smallest absolute Gasteiger partial charge is 0.331 e. The molecule has 7 nitrogen and oxygen atoms in total. The molecule has 0 bridgehead atoms. The largest absolute Gasteiger partial charge is 0.481 e. The van der Waals surface area contributed by atoms with Crippen LogP contribution in [0.25, 0.3) is 0 Å². The second-order valence-corrected chi connectivity index (χ2v) is 7.15. The van der Waals surface area contributed by atoms with Crippen LogP contribution in [0.3, 0.4) is 0 Å². The number of carbonyl (C=O) groups excluding carboxylic acids is 2. The van der Waals surface area contributed by atoms with Crippen LogP contribution in [-0.4, -0.2) is 44.4 Å². The average molecular weight is 373 g/mol. The zero-order valence-electron chi connectivity index (χ0n) is 15.4. The van der Waals surface area contributed by atoms with E-state index in [1.54, 1.807) is 12.1 Å². The molecule has 2 amide bonds. The number of imide groups is 1. The summed E-state index contributed by atoms with van der Waals surface area (Å²) < 4.78 is 0. The third kappa shape index (κ3) is 2.56. The third-order valence-electron chi connectivity index (χ3n) is 5.92. The number of rotatable bonds is 5. The van der Waals surface area contributed by atoms with Crippen LogP contribution in [0.2, 0.25) is 0 Å². The highest BCUT2D eigenvalue weighted by molar-refractivity contribution is 6.25. The number of aliphatic carboxylic acids is 2. The lowest BCUT2D eigenvalue weighted by molar-refractivity contribution is -0.164. The van der Waals surface area contributed by atoms with E-state index in [1.807, 2.05) is 13.8 Å². The number of carboxylic acid groups (broad SMARTS) is 2. The van der Waals surface area contributed by atoms with Crippen molar-refractivity contribution in [3.8, 4) is 0 Å². The molecule has 2 atom stereocenters. The average Bonchev–Trinajstić information content (AvgIpc) is 2.92. The van der Waals surface area contributed by atoms with E-state index in [-0.39, 0.29) is 24.0 Å². The Labute approximate surface area is 157 Å². The van der Waals surface area contributed by atoms with Gasteiger partial charge in [0.2, 0.25) is 0 Å². The van der Waals surface area contributed by atoms with Gasteiger partial charge in [-0.15, -0.1) is 0 Å². The molecule has 1 aliphatic heterocycles. The number of hydrogen-bond acceptors (Lipinski definition) is 4. The molecule has 0 aromatic heterocycles. The fourth-order valence-electron chi connectivity index (χ4n) is 4.55. The molecule has 3 rings (SSSR count). The van der Waals surface area contributed by atoms with Gasteiger partial charge in [-0.25, -0.2) is 4.79 Å². The summed E-state index contributed by atoms with van der Waals surface area (Å²) in [6, 6.07) is 3.57. The first kappa shape index (κ1) is 19.1. The van der Waals surface area contributed by atoms with Crippen LogP contribution in [0.5, 0.6) is 0 Å². The number of amides is 2. The molecule has 27 heavy (non-hydrogen) atoms. The molecular weight excluding hydrogens is 350 g/mol. The molecule has 1 aliphatic carbocycles. The van der Waals surface area contributed by atoms with Gasteiger partial charge in [-0.3, -0.25) is 19.3 Å². The van der Waals surface area contributed by atoms with Crippen molar-refractivity contribution in [3.63, 3.8) is 0 Å². The molecule has 0 saturated heterocycles. The summed E-state index contributed by atoms with van der Waals surface area (Å²) in [7, 11) is 0. The molecule has 1 aromatic carbocycles. The minimum Gasteiger partial charge on any atom is -0.481 e. The van der Waals surface area contributed by atoms with Crippen LogP contribution >= 0.6 is 0 Å². The Morgan fingerprint density at radius 3 is 1.96 bits per heavy atom. The second-order valence-electron chi connectivity index (χ2n) is 7.15. The van der Waals surface area contributed by atoms with E-state index in [1.165, 1.54) is 0 Å². The fourth-order valence-corrected chi connectivity index (χ4v) is 4.55. The van der Waals surface area contributed by atoms with Crippen molar-refractivity contribution >= 4 is 23.8 Å². The highest BCUT2D eigenvalue weighted by Gasteiger charge is 2.61. The van der Waals surface area contributed by atoms with Crippen molar-refractivity contribution in [2.75, 3.05) is 0 Å². The lowest BCUT2D eigenvalue weighted by Gasteiger charge is -2.43. The molecule has 1 saturated carbocycles. The van der Waals surface area contributed by atoms with Crippen LogP contribution < -0.4 is 0 Å². The normalized spacial score (nSPS) is 24.8. The van der Waals surface area contributed by atoms with Gasteiger partial charge in [-0.1, -0.05) is 38.8 Å². The van der Waals surface area contributed by atoms with Crippen molar-refractivity contribution < 1.29 is 29.4 Å². The number of benzene rings is 1. The first-order chi connectivity index (χ1) is 12.8. The maximum Gasteiger partial charge on any atom is 0.331 e. The number of fused-ring (bicyclic) bond motifs is 1. The monoisotopic (exact) mass is 373 g/mol. The summed E-state index contributed by atoms with van der Waals surface area (Å²) in [5.41, 5.74) is -0.236. The molecule has 144 valence electrons. The molecule has 1 heterocycles. The van der Waals surface area contributed by atoms with Crippen LogP contribution in [0.4, 0.5) is 0 Å². The summed E-state index contributed by atoms with van der Waals surface area (Å²) in [5, 5.41) is 19.7. The topological polar surface area (TPSA) is 112 Å². The number of hydrogen-bond donors (Lipinski definition) is 2. The Balaban J connectivity index is 2.24. The van der Waals surface area contributed by atoms with E-state index in [9.17, 15) is 29.4 Å². The minimum atomic E-state index is -2.05. The summed E-state index contributed by atoms with van der Waals surface area (Å²) in [6.07, 6.45) is 2.10. The predicted molar refractivity (Wildman–Crippen MR) is 95.7 cm³/mol. The predicted octanol–water partition coefficient (Wildman–Crippen LogP) is 2.51. The van der Waals surface area contributed by atoms with Crippen molar-refractivity contribution in [1.29, 1.82) is 0 Å². The molecule has 7 heteroatoms. The third-order valence-corrected chi connectivity index (χ3v) is 5.92. The molecule has 2 unspecified atom stereocenters. The Hall–Kier alpha value is -2.70. The van der Waals surface area contributed by atoms with Crippen molar-refractivity contribution in [2.24, 2.45) is 5.92 Å². The van der Waals surface area contributed by atoms with Gasteiger partial charge in [-0.2, -0.15) is 0 Å². The van der Waals surface area contributed by atoms with Gasteiger partial charge in [0.1, 0.15) is 0 Å². The number of aryl methyl sites for hydroxylation is 2. The van der Waals surface area contributed by atoms with Gasteiger partial charge in [0.05, 0.1) is 17.0 Å². The van der Waals surface area contributed by atoms with E-state index in [0.29, 0.717) is 36.8 Å². The molecule has 1 aromatic rings. The Morgan fingerprint density at radius 2 is 1.56 bits per heavy atom. The van der Waals surface area contributed by atoms with Crippen molar-refractivity contribution in [3.05, 3.63) is 34.4 Å². The summed E-state index contributed by atoms with van der Waals surface area (Å²) >= 11 is 0. The van der Waals surface area contributed by atoms with Gasteiger partial charge in [0.15, 0.2) is 5.54 Å². The fraction of sp³-hybridized carbons (Fsp3) is 0.500. The maximum absolute atomic E-state index is 13.3. The van der Waals surface area contributed by atoms with E-state index >= 15 is 0 Å².